The highest BCUT2D eigenvalue weighted by atomic mass is 35.5. The summed E-state index contributed by atoms with van der Waals surface area (Å²) in [5.41, 5.74) is 6.30. The molecule has 0 amide bonds. The lowest BCUT2D eigenvalue weighted by atomic mass is 9.98. The third kappa shape index (κ3) is 6.78. The molecule has 2 aromatic rings. The van der Waals surface area contributed by atoms with Crippen LogP contribution in [0, 0.1) is 20.8 Å². The van der Waals surface area contributed by atoms with Gasteiger partial charge >= 0.3 is 0 Å². The second-order valence-electron chi connectivity index (χ2n) is 6.12. The summed E-state index contributed by atoms with van der Waals surface area (Å²) in [6, 6.07) is 4.47. The quantitative estimate of drug-likeness (QED) is 0.570. The van der Waals surface area contributed by atoms with Crippen LogP contribution in [-0.4, -0.2) is 36.1 Å². The van der Waals surface area contributed by atoms with Gasteiger partial charge in [-0.3, -0.25) is 0 Å². The van der Waals surface area contributed by atoms with Crippen LogP contribution in [0.1, 0.15) is 37.0 Å². The molecule has 0 bridgehead atoms. The van der Waals surface area contributed by atoms with Gasteiger partial charge in [0.1, 0.15) is 0 Å². The van der Waals surface area contributed by atoms with Crippen LogP contribution >= 0.6 is 36.2 Å². The zero-order valence-corrected chi connectivity index (χ0v) is 18.3. The number of benzene rings is 1. The van der Waals surface area contributed by atoms with Gasteiger partial charge in [0.05, 0.1) is 5.69 Å². The van der Waals surface area contributed by atoms with E-state index in [1.54, 1.807) is 11.3 Å². The van der Waals surface area contributed by atoms with E-state index in [9.17, 15) is 0 Å². The van der Waals surface area contributed by atoms with Gasteiger partial charge in [-0.25, -0.2) is 4.98 Å². The van der Waals surface area contributed by atoms with E-state index in [-0.39, 0.29) is 24.8 Å². The molecule has 2 rings (SSSR count). The summed E-state index contributed by atoms with van der Waals surface area (Å²) in [5, 5.41) is 6.66. The lowest BCUT2D eigenvalue weighted by molar-refractivity contribution is 0.303. The molecule has 1 N–H and O–H groups in total. The van der Waals surface area contributed by atoms with Crippen molar-refractivity contribution in [3.05, 3.63) is 34.2 Å². The maximum atomic E-state index is 4.78. The van der Waals surface area contributed by atoms with Gasteiger partial charge in [0, 0.05) is 17.5 Å². The SMILES string of the molecule is CCN(CC)CCCNc1nc(-c2c(C)cc(C)cc2C)cs1.Cl.Cl. The Bertz CT molecular complexity index is 616. The molecule has 0 atom stereocenters. The van der Waals surface area contributed by atoms with E-state index in [4.69, 9.17) is 4.98 Å². The summed E-state index contributed by atoms with van der Waals surface area (Å²) in [6.07, 6.45) is 1.15. The number of hydrogen-bond donors (Lipinski definition) is 1. The number of halogens is 2. The number of aryl methyl sites for hydroxylation is 3. The molecular weight excluding hydrogens is 373 g/mol. The molecule has 0 saturated heterocycles. The Morgan fingerprint density at radius 1 is 1.04 bits per heavy atom. The van der Waals surface area contributed by atoms with Crippen molar-refractivity contribution in [3.63, 3.8) is 0 Å². The van der Waals surface area contributed by atoms with Gasteiger partial charge in [-0.15, -0.1) is 36.2 Å². The van der Waals surface area contributed by atoms with Crippen LogP contribution in [0.25, 0.3) is 11.3 Å². The average Bonchev–Trinajstić information content (AvgIpc) is 2.95. The molecule has 0 aliphatic carbocycles. The Labute approximate surface area is 169 Å². The van der Waals surface area contributed by atoms with Gasteiger partial charge < -0.3 is 10.2 Å². The smallest absolute Gasteiger partial charge is 0.183 e. The monoisotopic (exact) mass is 403 g/mol. The molecule has 0 saturated carbocycles. The summed E-state index contributed by atoms with van der Waals surface area (Å²) in [6.45, 7) is 15.3. The average molecular weight is 404 g/mol. The first-order valence-electron chi connectivity index (χ1n) is 8.55. The van der Waals surface area contributed by atoms with Crippen molar-refractivity contribution in [2.45, 2.75) is 41.0 Å². The molecule has 0 fully saturated rings. The Balaban J connectivity index is 0.00000288. The third-order valence-corrected chi connectivity index (χ3v) is 5.06. The highest BCUT2D eigenvalue weighted by Crippen LogP contribution is 2.30. The van der Waals surface area contributed by atoms with Gasteiger partial charge in [-0.05, 0) is 58.0 Å². The maximum Gasteiger partial charge on any atom is 0.183 e. The van der Waals surface area contributed by atoms with Crippen molar-refractivity contribution >= 4 is 41.3 Å². The first-order valence-corrected chi connectivity index (χ1v) is 9.43. The van der Waals surface area contributed by atoms with E-state index in [1.807, 2.05) is 0 Å². The lowest BCUT2D eigenvalue weighted by Crippen LogP contribution is -2.25. The fourth-order valence-corrected chi connectivity index (χ4v) is 3.82. The lowest BCUT2D eigenvalue weighted by Gasteiger charge is -2.17. The Morgan fingerprint density at radius 3 is 2.20 bits per heavy atom. The fraction of sp³-hybridized carbons (Fsp3) is 0.526. The Kier molecular flexibility index (Phi) is 11.4. The van der Waals surface area contributed by atoms with Crippen molar-refractivity contribution < 1.29 is 0 Å². The minimum Gasteiger partial charge on any atom is -0.361 e. The van der Waals surface area contributed by atoms with Gasteiger partial charge in [-0.2, -0.15) is 0 Å². The van der Waals surface area contributed by atoms with Crippen LogP contribution in [0.4, 0.5) is 5.13 Å². The first-order chi connectivity index (χ1) is 11.0. The number of anilines is 1. The van der Waals surface area contributed by atoms with Crippen LogP contribution in [-0.2, 0) is 0 Å². The van der Waals surface area contributed by atoms with E-state index in [0.29, 0.717) is 0 Å². The van der Waals surface area contributed by atoms with E-state index in [0.717, 1.165) is 43.4 Å². The standard InChI is InChI=1S/C19H29N3S.2ClH/c1-6-22(7-2)10-8-9-20-19-21-17(13-23-19)18-15(4)11-14(3)12-16(18)5;;/h11-13H,6-10H2,1-5H3,(H,20,21);2*1H. The molecule has 0 unspecified atom stereocenters. The van der Waals surface area contributed by atoms with E-state index in [1.165, 1.54) is 22.3 Å². The molecule has 1 aromatic carbocycles. The Morgan fingerprint density at radius 2 is 1.64 bits per heavy atom. The van der Waals surface area contributed by atoms with Gasteiger partial charge in [-0.1, -0.05) is 31.5 Å². The Hall–Kier alpha value is -0.810. The number of nitrogens with one attached hydrogen (secondary N) is 1. The largest absolute Gasteiger partial charge is 0.361 e. The minimum atomic E-state index is 0. The molecule has 3 nitrogen and oxygen atoms in total. The minimum absolute atomic E-state index is 0. The van der Waals surface area contributed by atoms with Crippen LogP contribution in [0.2, 0.25) is 0 Å². The van der Waals surface area contributed by atoms with E-state index in [2.05, 4.69) is 62.3 Å². The van der Waals surface area contributed by atoms with Crippen LogP contribution in [0.3, 0.4) is 0 Å². The van der Waals surface area contributed by atoms with E-state index >= 15 is 0 Å². The molecule has 0 radical (unpaired) electrons. The summed E-state index contributed by atoms with van der Waals surface area (Å²) >= 11 is 1.70. The molecule has 1 aromatic heterocycles. The topological polar surface area (TPSA) is 28.2 Å². The van der Waals surface area contributed by atoms with E-state index < -0.39 is 0 Å². The molecule has 0 spiro atoms. The number of rotatable bonds is 8. The van der Waals surface area contributed by atoms with Crippen LogP contribution in [0.5, 0.6) is 0 Å². The number of nitrogens with zero attached hydrogens (tertiary/aromatic N) is 2. The maximum absolute atomic E-state index is 4.78. The summed E-state index contributed by atoms with van der Waals surface area (Å²) < 4.78 is 0. The molecule has 25 heavy (non-hydrogen) atoms. The van der Waals surface area contributed by atoms with Crippen molar-refractivity contribution in [1.29, 1.82) is 0 Å². The summed E-state index contributed by atoms with van der Waals surface area (Å²) in [5.74, 6) is 0. The summed E-state index contributed by atoms with van der Waals surface area (Å²) in [7, 11) is 0. The van der Waals surface area contributed by atoms with Crippen molar-refractivity contribution in [2.24, 2.45) is 0 Å². The normalized spacial score (nSPS) is 10.3. The molecule has 6 heteroatoms. The van der Waals surface area contributed by atoms with Gasteiger partial charge in [0.25, 0.3) is 0 Å². The highest BCUT2D eigenvalue weighted by Gasteiger charge is 2.10. The third-order valence-electron chi connectivity index (χ3n) is 4.26. The zero-order valence-electron chi connectivity index (χ0n) is 15.9. The predicted molar refractivity (Wildman–Crippen MR) is 117 cm³/mol. The molecular formula is C19H31Cl2N3S. The number of aromatic nitrogens is 1. The zero-order chi connectivity index (χ0) is 16.8. The second-order valence-corrected chi connectivity index (χ2v) is 6.98. The van der Waals surface area contributed by atoms with Crippen molar-refractivity contribution in [1.82, 2.24) is 9.88 Å². The number of thiazole rings is 1. The van der Waals surface area contributed by atoms with Gasteiger partial charge in [0.2, 0.25) is 0 Å². The first kappa shape index (κ1) is 24.2. The van der Waals surface area contributed by atoms with Crippen molar-refractivity contribution in [2.75, 3.05) is 31.5 Å². The molecule has 142 valence electrons. The number of hydrogen-bond acceptors (Lipinski definition) is 4. The predicted octanol–water partition coefficient (Wildman–Crippen LogP) is 5.72. The van der Waals surface area contributed by atoms with Crippen LogP contribution in [0.15, 0.2) is 17.5 Å². The fourth-order valence-electron chi connectivity index (χ4n) is 3.09. The molecule has 0 aliphatic heterocycles. The van der Waals surface area contributed by atoms with Gasteiger partial charge in [0.15, 0.2) is 5.13 Å². The molecule has 1 heterocycles. The van der Waals surface area contributed by atoms with Crippen LogP contribution < -0.4 is 5.32 Å². The highest BCUT2D eigenvalue weighted by molar-refractivity contribution is 7.14. The summed E-state index contributed by atoms with van der Waals surface area (Å²) in [4.78, 5) is 7.23. The molecule has 0 aliphatic rings. The van der Waals surface area contributed by atoms with Crippen molar-refractivity contribution in [3.8, 4) is 11.3 Å². The second kappa shape index (κ2) is 11.7.